The van der Waals surface area contributed by atoms with Crippen molar-refractivity contribution in [2.45, 2.75) is 31.9 Å². The molecule has 1 aliphatic rings. The van der Waals surface area contributed by atoms with Crippen molar-refractivity contribution in [2.24, 2.45) is 0 Å². The van der Waals surface area contributed by atoms with Crippen molar-refractivity contribution in [3.8, 4) is 0 Å². The molecular formula is C15H25N3O. The summed E-state index contributed by atoms with van der Waals surface area (Å²) < 4.78 is 5.80. The normalized spacial score (nSPS) is 19.7. The van der Waals surface area contributed by atoms with E-state index in [2.05, 4.69) is 42.0 Å². The quantitative estimate of drug-likeness (QED) is 0.814. The van der Waals surface area contributed by atoms with Gasteiger partial charge >= 0.3 is 0 Å². The number of likely N-dealkylation sites (N-methyl/N-ethyl adjacent to an activating group) is 1. The maximum absolute atomic E-state index is 5.80. The van der Waals surface area contributed by atoms with Crippen LogP contribution in [0.2, 0.25) is 0 Å². The molecule has 1 aliphatic heterocycles. The lowest BCUT2D eigenvalue weighted by Gasteiger charge is -2.28. The number of anilines is 1. The van der Waals surface area contributed by atoms with Gasteiger partial charge in [0.25, 0.3) is 0 Å². The molecule has 1 atom stereocenters. The Morgan fingerprint density at radius 2 is 2.16 bits per heavy atom. The van der Waals surface area contributed by atoms with E-state index in [0.29, 0.717) is 6.10 Å². The summed E-state index contributed by atoms with van der Waals surface area (Å²) in [5.74, 6) is 0. The van der Waals surface area contributed by atoms with Crippen molar-refractivity contribution < 1.29 is 4.74 Å². The Bertz CT molecular complexity index is 389. The molecular weight excluding hydrogens is 238 g/mol. The third-order valence-corrected chi connectivity index (χ3v) is 3.59. The minimum absolute atomic E-state index is 0.401. The lowest BCUT2D eigenvalue weighted by Crippen LogP contribution is -2.33. The Morgan fingerprint density at radius 3 is 2.84 bits per heavy atom. The van der Waals surface area contributed by atoms with E-state index in [9.17, 15) is 0 Å². The van der Waals surface area contributed by atoms with E-state index in [1.54, 1.807) is 0 Å². The van der Waals surface area contributed by atoms with Gasteiger partial charge in [-0.15, -0.1) is 0 Å². The third-order valence-electron chi connectivity index (χ3n) is 3.59. The molecule has 0 aliphatic carbocycles. The summed E-state index contributed by atoms with van der Waals surface area (Å²) in [4.78, 5) is 8.72. The van der Waals surface area contributed by atoms with Gasteiger partial charge in [0.1, 0.15) is 0 Å². The van der Waals surface area contributed by atoms with E-state index >= 15 is 0 Å². The molecule has 0 N–H and O–H groups in total. The lowest BCUT2D eigenvalue weighted by molar-refractivity contribution is -0.00258. The van der Waals surface area contributed by atoms with Gasteiger partial charge in [-0.1, -0.05) is 0 Å². The van der Waals surface area contributed by atoms with Crippen LogP contribution in [-0.2, 0) is 11.3 Å². The Kier molecular flexibility index (Phi) is 5.16. The Balaban J connectivity index is 1.92. The second kappa shape index (κ2) is 6.87. The van der Waals surface area contributed by atoms with Gasteiger partial charge in [-0.25, -0.2) is 0 Å². The van der Waals surface area contributed by atoms with Gasteiger partial charge in [-0.3, -0.25) is 9.88 Å². The number of pyridine rings is 1. The molecule has 0 bridgehead atoms. The van der Waals surface area contributed by atoms with Crippen LogP contribution in [0.15, 0.2) is 18.5 Å². The highest BCUT2D eigenvalue weighted by Crippen LogP contribution is 2.19. The summed E-state index contributed by atoms with van der Waals surface area (Å²) in [5.41, 5.74) is 2.51. The van der Waals surface area contributed by atoms with Crippen molar-refractivity contribution in [1.29, 1.82) is 0 Å². The van der Waals surface area contributed by atoms with E-state index in [1.165, 1.54) is 30.5 Å². The first-order chi connectivity index (χ1) is 9.16. The zero-order valence-corrected chi connectivity index (χ0v) is 12.3. The lowest BCUT2D eigenvalue weighted by atomic mass is 10.1. The molecule has 0 amide bonds. The van der Waals surface area contributed by atoms with Gasteiger partial charge < -0.3 is 9.64 Å². The van der Waals surface area contributed by atoms with Crippen molar-refractivity contribution in [2.75, 3.05) is 39.2 Å². The molecule has 0 aromatic carbocycles. The first kappa shape index (κ1) is 14.3. The van der Waals surface area contributed by atoms with Gasteiger partial charge in [0.2, 0.25) is 0 Å². The summed E-state index contributed by atoms with van der Waals surface area (Å²) in [6.45, 7) is 2.84. The highest BCUT2D eigenvalue weighted by molar-refractivity contribution is 5.50. The molecule has 4 nitrogen and oxygen atoms in total. The van der Waals surface area contributed by atoms with E-state index < -0.39 is 0 Å². The topological polar surface area (TPSA) is 28.6 Å². The van der Waals surface area contributed by atoms with E-state index in [4.69, 9.17) is 4.74 Å². The molecule has 19 heavy (non-hydrogen) atoms. The second-order valence-corrected chi connectivity index (χ2v) is 5.58. The molecule has 4 heteroatoms. The molecule has 0 spiro atoms. The van der Waals surface area contributed by atoms with Gasteiger partial charge in [-0.2, -0.15) is 0 Å². The summed E-state index contributed by atoms with van der Waals surface area (Å²) in [6.07, 6.45) is 7.93. The monoisotopic (exact) mass is 263 g/mol. The van der Waals surface area contributed by atoms with E-state index in [-0.39, 0.29) is 0 Å². The number of ether oxygens (including phenoxy) is 1. The van der Waals surface area contributed by atoms with Crippen LogP contribution in [0.3, 0.4) is 0 Å². The molecule has 1 fully saturated rings. The van der Waals surface area contributed by atoms with Crippen LogP contribution in [-0.4, -0.2) is 50.3 Å². The SMILES string of the molecule is CN(Cc1cnccc1N(C)C)CC1CCCCO1. The fourth-order valence-corrected chi connectivity index (χ4v) is 2.63. The maximum Gasteiger partial charge on any atom is 0.0702 e. The second-order valence-electron chi connectivity index (χ2n) is 5.58. The van der Waals surface area contributed by atoms with E-state index in [1.807, 2.05) is 12.4 Å². The number of nitrogens with zero attached hydrogens (tertiary/aromatic N) is 3. The number of aromatic nitrogens is 1. The van der Waals surface area contributed by atoms with Crippen LogP contribution in [0.25, 0.3) is 0 Å². The van der Waals surface area contributed by atoms with Crippen molar-refractivity contribution in [3.05, 3.63) is 24.0 Å². The first-order valence-corrected chi connectivity index (χ1v) is 7.07. The van der Waals surface area contributed by atoms with Gasteiger partial charge in [0.05, 0.1) is 6.10 Å². The predicted molar refractivity (Wildman–Crippen MR) is 78.5 cm³/mol. The van der Waals surface area contributed by atoms with Gasteiger partial charge in [0, 0.05) is 57.4 Å². The van der Waals surface area contributed by atoms with Crippen molar-refractivity contribution in [3.63, 3.8) is 0 Å². The van der Waals surface area contributed by atoms with Crippen LogP contribution in [0.1, 0.15) is 24.8 Å². The fraction of sp³-hybridized carbons (Fsp3) is 0.667. The highest BCUT2D eigenvalue weighted by Gasteiger charge is 2.16. The van der Waals surface area contributed by atoms with Gasteiger partial charge in [-0.05, 0) is 32.4 Å². The van der Waals surface area contributed by atoms with Crippen LogP contribution >= 0.6 is 0 Å². The number of hydrogen-bond acceptors (Lipinski definition) is 4. The van der Waals surface area contributed by atoms with Crippen molar-refractivity contribution >= 4 is 5.69 Å². The first-order valence-electron chi connectivity index (χ1n) is 7.07. The van der Waals surface area contributed by atoms with Crippen LogP contribution < -0.4 is 4.90 Å². The minimum atomic E-state index is 0.401. The Labute approximate surface area is 116 Å². The average Bonchev–Trinajstić information content (AvgIpc) is 2.40. The molecule has 1 aromatic heterocycles. The molecule has 0 saturated carbocycles. The van der Waals surface area contributed by atoms with E-state index in [0.717, 1.165) is 19.7 Å². The standard InChI is InChI=1S/C15H25N3O/c1-17(2)15-7-8-16-10-13(15)11-18(3)12-14-6-4-5-9-19-14/h7-8,10,14H,4-6,9,11-12H2,1-3H3. The Hall–Kier alpha value is -1.13. The zero-order valence-electron chi connectivity index (χ0n) is 12.3. The number of rotatable bonds is 5. The van der Waals surface area contributed by atoms with Crippen LogP contribution in [0.4, 0.5) is 5.69 Å². The number of hydrogen-bond donors (Lipinski definition) is 0. The largest absolute Gasteiger partial charge is 0.377 e. The third kappa shape index (κ3) is 4.18. The maximum atomic E-state index is 5.80. The van der Waals surface area contributed by atoms with Crippen molar-refractivity contribution in [1.82, 2.24) is 9.88 Å². The average molecular weight is 263 g/mol. The summed E-state index contributed by atoms with van der Waals surface area (Å²) in [6, 6.07) is 2.07. The molecule has 2 rings (SSSR count). The van der Waals surface area contributed by atoms with Crippen LogP contribution in [0.5, 0.6) is 0 Å². The molecule has 2 heterocycles. The smallest absolute Gasteiger partial charge is 0.0702 e. The molecule has 0 radical (unpaired) electrons. The summed E-state index contributed by atoms with van der Waals surface area (Å²) in [7, 11) is 6.30. The summed E-state index contributed by atoms with van der Waals surface area (Å²) in [5, 5.41) is 0. The Morgan fingerprint density at radius 1 is 1.32 bits per heavy atom. The minimum Gasteiger partial charge on any atom is -0.377 e. The molecule has 106 valence electrons. The molecule has 1 saturated heterocycles. The predicted octanol–water partition coefficient (Wildman–Crippen LogP) is 2.15. The highest BCUT2D eigenvalue weighted by atomic mass is 16.5. The molecule has 1 unspecified atom stereocenters. The summed E-state index contributed by atoms with van der Waals surface area (Å²) >= 11 is 0. The van der Waals surface area contributed by atoms with Crippen LogP contribution in [0, 0.1) is 0 Å². The zero-order chi connectivity index (χ0) is 13.7. The fourth-order valence-electron chi connectivity index (χ4n) is 2.63. The van der Waals surface area contributed by atoms with Gasteiger partial charge in [0.15, 0.2) is 0 Å². The molecule has 1 aromatic rings.